The zero-order chi connectivity index (χ0) is 23.1. The molecule has 3 N–H and O–H groups in total. The number of hydrogen-bond donors (Lipinski definition) is 3. The van der Waals surface area contributed by atoms with Crippen LogP contribution in [0.2, 0.25) is 0 Å². The predicted octanol–water partition coefficient (Wildman–Crippen LogP) is 5.92. The number of imidazole rings is 1. The number of pyridine rings is 1. The first-order chi connectivity index (χ1) is 16.6. The number of nitrogens with one attached hydrogen (secondary N) is 2. The number of rotatable bonds is 5. The number of aliphatic carboxylic acids is 1. The summed E-state index contributed by atoms with van der Waals surface area (Å²) < 4.78 is 0. The summed E-state index contributed by atoms with van der Waals surface area (Å²) in [5, 5.41) is 16.2. The lowest BCUT2D eigenvalue weighted by Crippen LogP contribution is -2.16. The van der Waals surface area contributed by atoms with Gasteiger partial charge in [-0.1, -0.05) is 24.3 Å². The molecule has 1 aliphatic carbocycles. The fourth-order valence-electron chi connectivity index (χ4n) is 5.14. The summed E-state index contributed by atoms with van der Waals surface area (Å²) in [5.41, 5.74) is 6.95. The van der Waals surface area contributed by atoms with Crippen LogP contribution >= 0.6 is 0 Å². The van der Waals surface area contributed by atoms with E-state index in [0.29, 0.717) is 24.1 Å². The third kappa shape index (κ3) is 3.94. The van der Waals surface area contributed by atoms with Gasteiger partial charge in [-0.2, -0.15) is 0 Å². The molecule has 1 saturated carbocycles. The lowest BCUT2D eigenvalue weighted by molar-refractivity contribution is -0.138. The molecule has 2 aromatic carbocycles. The summed E-state index contributed by atoms with van der Waals surface area (Å²) in [4.78, 5) is 25.0. The van der Waals surface area contributed by atoms with Gasteiger partial charge in [0.1, 0.15) is 0 Å². The van der Waals surface area contributed by atoms with E-state index in [4.69, 9.17) is 5.11 Å². The fourth-order valence-corrected chi connectivity index (χ4v) is 5.14. The minimum Gasteiger partial charge on any atom is -0.481 e. The second-order valence-corrected chi connectivity index (χ2v) is 9.26. The molecule has 3 aromatic heterocycles. The summed E-state index contributed by atoms with van der Waals surface area (Å²) >= 11 is 0. The average molecular weight is 452 g/mol. The highest BCUT2D eigenvalue weighted by Gasteiger charge is 2.24. The standard InChI is InChI=1S/C27H25N5O2/c33-26(34)11-16-1-3-17(4-2-16)18-5-7-19(8-6-18)22-10-9-20(14-28-22)27-30-24-12-21-15-29-32-23(21)13-25(24)31-27/h5-10,12-17,29,32H,1-4,11H2,(H,33,34). The van der Waals surface area contributed by atoms with Crippen molar-refractivity contribution < 1.29 is 9.90 Å². The SMILES string of the molecule is O=C(O)CC1CCC(c2ccc(-c3ccc(-c4nc5cc6c[nH][nH]c6cc5n4)cn3)cc2)CC1. The molecule has 7 nitrogen and oxygen atoms in total. The lowest BCUT2D eigenvalue weighted by Gasteiger charge is -2.28. The first-order valence-corrected chi connectivity index (χ1v) is 11.7. The van der Waals surface area contributed by atoms with E-state index >= 15 is 0 Å². The van der Waals surface area contributed by atoms with Gasteiger partial charge in [-0.05, 0) is 67.3 Å². The van der Waals surface area contributed by atoms with Gasteiger partial charge in [0.05, 0.1) is 22.2 Å². The molecule has 3 heterocycles. The molecule has 0 spiro atoms. The van der Waals surface area contributed by atoms with E-state index in [-0.39, 0.29) is 0 Å². The predicted molar refractivity (Wildman–Crippen MR) is 131 cm³/mol. The molecule has 170 valence electrons. The number of carboxylic acids is 1. The summed E-state index contributed by atoms with van der Waals surface area (Å²) in [6, 6.07) is 16.7. The van der Waals surface area contributed by atoms with Crippen molar-refractivity contribution in [3.63, 3.8) is 0 Å². The van der Waals surface area contributed by atoms with Crippen molar-refractivity contribution in [2.24, 2.45) is 5.92 Å². The normalized spacial score (nSPS) is 18.5. The Balaban J connectivity index is 1.16. The maximum atomic E-state index is 11.0. The van der Waals surface area contributed by atoms with Crippen molar-refractivity contribution in [3.05, 3.63) is 66.5 Å². The quantitative estimate of drug-likeness (QED) is 0.308. The minimum atomic E-state index is -0.679. The number of carbonyl (C=O) groups is 1. The molecule has 5 aromatic rings. The highest BCUT2D eigenvalue weighted by Crippen LogP contribution is 2.37. The van der Waals surface area contributed by atoms with E-state index in [1.807, 2.05) is 36.7 Å². The highest BCUT2D eigenvalue weighted by molar-refractivity contribution is 5.94. The van der Waals surface area contributed by atoms with E-state index < -0.39 is 5.97 Å². The van der Waals surface area contributed by atoms with Crippen LogP contribution in [0.3, 0.4) is 0 Å². The Morgan fingerprint density at radius 1 is 0.941 bits per heavy atom. The van der Waals surface area contributed by atoms with Gasteiger partial charge in [0.15, 0.2) is 5.82 Å². The fraction of sp³-hybridized carbons (Fsp3) is 0.259. The van der Waals surface area contributed by atoms with E-state index in [2.05, 4.69) is 49.4 Å². The van der Waals surface area contributed by atoms with Gasteiger partial charge < -0.3 is 15.3 Å². The van der Waals surface area contributed by atoms with Crippen LogP contribution in [-0.4, -0.2) is 36.2 Å². The Kier molecular flexibility index (Phi) is 5.09. The third-order valence-electron chi connectivity index (χ3n) is 7.04. The molecular weight excluding hydrogens is 426 g/mol. The molecule has 0 unspecified atom stereocenters. The van der Waals surface area contributed by atoms with Crippen molar-refractivity contribution in [1.29, 1.82) is 0 Å². The number of hydrogen-bond acceptors (Lipinski definition) is 4. The van der Waals surface area contributed by atoms with Crippen molar-refractivity contribution in [2.45, 2.75) is 38.0 Å². The Bertz CT molecular complexity index is 1410. The summed E-state index contributed by atoms with van der Waals surface area (Å²) in [6.45, 7) is 0. The molecule has 0 bridgehead atoms. The zero-order valence-corrected chi connectivity index (χ0v) is 18.7. The van der Waals surface area contributed by atoms with Gasteiger partial charge in [0.25, 0.3) is 0 Å². The van der Waals surface area contributed by atoms with Gasteiger partial charge in [0, 0.05) is 35.3 Å². The van der Waals surface area contributed by atoms with Crippen LogP contribution in [0.15, 0.2) is 60.9 Å². The second-order valence-electron chi connectivity index (χ2n) is 9.26. The van der Waals surface area contributed by atoms with Crippen molar-refractivity contribution in [2.75, 3.05) is 0 Å². The molecule has 0 amide bonds. The average Bonchev–Trinajstić information content (AvgIpc) is 3.49. The Morgan fingerprint density at radius 2 is 1.68 bits per heavy atom. The Labute approximate surface area is 196 Å². The number of benzene rings is 2. The smallest absolute Gasteiger partial charge is 0.303 e. The summed E-state index contributed by atoms with van der Waals surface area (Å²) in [5.74, 6) is 0.844. The van der Waals surface area contributed by atoms with Gasteiger partial charge in [0.2, 0.25) is 0 Å². The Morgan fingerprint density at radius 3 is 2.38 bits per heavy atom. The van der Waals surface area contributed by atoms with E-state index in [0.717, 1.165) is 64.4 Å². The molecule has 0 radical (unpaired) electrons. The maximum absolute atomic E-state index is 11.0. The number of H-pyrrole nitrogens is 2. The Hall–Kier alpha value is -4.00. The van der Waals surface area contributed by atoms with Gasteiger partial charge >= 0.3 is 5.97 Å². The molecule has 0 saturated heterocycles. The van der Waals surface area contributed by atoms with Crippen LogP contribution in [0.25, 0.3) is 44.6 Å². The van der Waals surface area contributed by atoms with E-state index in [1.54, 1.807) is 0 Å². The van der Waals surface area contributed by atoms with Crippen LogP contribution in [-0.2, 0) is 4.79 Å². The first kappa shape index (κ1) is 20.6. The minimum absolute atomic E-state index is 0.300. The molecule has 7 heteroatoms. The molecule has 34 heavy (non-hydrogen) atoms. The zero-order valence-electron chi connectivity index (χ0n) is 18.7. The third-order valence-corrected chi connectivity index (χ3v) is 7.04. The van der Waals surface area contributed by atoms with Gasteiger partial charge in [-0.25, -0.2) is 9.97 Å². The lowest BCUT2D eigenvalue weighted by atomic mass is 9.77. The van der Waals surface area contributed by atoms with Crippen molar-refractivity contribution in [3.8, 4) is 22.6 Å². The molecule has 6 rings (SSSR count). The van der Waals surface area contributed by atoms with Crippen molar-refractivity contribution >= 4 is 27.9 Å². The number of fused-ring (bicyclic) bond motifs is 2. The molecule has 0 aliphatic heterocycles. The van der Waals surface area contributed by atoms with Crippen LogP contribution in [0.4, 0.5) is 0 Å². The van der Waals surface area contributed by atoms with Gasteiger partial charge in [-0.15, -0.1) is 0 Å². The molecule has 1 aliphatic rings. The number of carboxylic acid groups (broad SMARTS) is 1. The summed E-state index contributed by atoms with van der Waals surface area (Å²) in [6.07, 6.45) is 8.16. The first-order valence-electron chi connectivity index (χ1n) is 11.7. The molecular formula is C27H25N5O2. The van der Waals surface area contributed by atoms with Crippen LogP contribution in [0, 0.1) is 5.92 Å². The van der Waals surface area contributed by atoms with Gasteiger partial charge in [-0.3, -0.25) is 9.78 Å². The van der Waals surface area contributed by atoms with Crippen LogP contribution < -0.4 is 0 Å². The maximum Gasteiger partial charge on any atom is 0.303 e. The van der Waals surface area contributed by atoms with Crippen molar-refractivity contribution in [1.82, 2.24) is 25.1 Å². The van der Waals surface area contributed by atoms with Crippen LogP contribution in [0.5, 0.6) is 0 Å². The topological polar surface area (TPSA) is 108 Å². The number of nitrogens with zero attached hydrogens (tertiary/aromatic N) is 3. The molecule has 0 atom stereocenters. The summed E-state index contributed by atoms with van der Waals surface area (Å²) in [7, 11) is 0. The number of aromatic nitrogens is 5. The molecule has 1 fully saturated rings. The number of aromatic amines is 2. The second kappa shape index (κ2) is 8.41. The van der Waals surface area contributed by atoms with E-state index in [9.17, 15) is 4.79 Å². The van der Waals surface area contributed by atoms with E-state index in [1.165, 1.54) is 5.56 Å². The van der Waals surface area contributed by atoms with Crippen LogP contribution in [0.1, 0.15) is 43.6 Å². The monoisotopic (exact) mass is 451 g/mol. The highest BCUT2D eigenvalue weighted by atomic mass is 16.4. The largest absolute Gasteiger partial charge is 0.481 e.